The van der Waals surface area contributed by atoms with E-state index in [2.05, 4.69) is 32.8 Å². The van der Waals surface area contributed by atoms with Crippen LogP contribution in [-0.2, 0) is 16.1 Å². The zero-order valence-corrected chi connectivity index (χ0v) is 12.3. The molecular formula is C13H23N5O2. The van der Waals surface area contributed by atoms with Gasteiger partial charge in [0.05, 0.1) is 0 Å². The SMILES string of the molecule is CCCNc1cc(NCCC(=O)NC)nc(COC)n1. The number of hydrogen-bond donors (Lipinski definition) is 3. The quantitative estimate of drug-likeness (QED) is 0.625. The van der Waals surface area contributed by atoms with Crippen LogP contribution in [0.2, 0.25) is 0 Å². The van der Waals surface area contributed by atoms with Gasteiger partial charge >= 0.3 is 0 Å². The maximum absolute atomic E-state index is 11.2. The van der Waals surface area contributed by atoms with Crippen molar-refractivity contribution in [3.63, 3.8) is 0 Å². The molecular weight excluding hydrogens is 258 g/mol. The van der Waals surface area contributed by atoms with Crippen LogP contribution in [0.15, 0.2) is 6.07 Å². The van der Waals surface area contributed by atoms with Crippen LogP contribution in [0.4, 0.5) is 11.6 Å². The van der Waals surface area contributed by atoms with E-state index < -0.39 is 0 Å². The highest BCUT2D eigenvalue weighted by molar-refractivity contribution is 5.76. The molecule has 0 fully saturated rings. The summed E-state index contributed by atoms with van der Waals surface area (Å²) in [6.07, 6.45) is 1.42. The summed E-state index contributed by atoms with van der Waals surface area (Å²) < 4.78 is 5.06. The lowest BCUT2D eigenvalue weighted by molar-refractivity contribution is -0.120. The maximum Gasteiger partial charge on any atom is 0.221 e. The van der Waals surface area contributed by atoms with E-state index in [1.807, 2.05) is 6.07 Å². The van der Waals surface area contributed by atoms with Crippen molar-refractivity contribution in [2.45, 2.75) is 26.4 Å². The number of amides is 1. The van der Waals surface area contributed by atoms with Gasteiger partial charge in [-0.2, -0.15) is 0 Å². The Hall–Kier alpha value is -1.89. The summed E-state index contributed by atoms with van der Waals surface area (Å²) in [4.78, 5) is 19.9. The van der Waals surface area contributed by atoms with E-state index >= 15 is 0 Å². The Labute approximate surface area is 119 Å². The summed E-state index contributed by atoms with van der Waals surface area (Å²) in [6, 6.07) is 1.83. The molecule has 0 spiro atoms. The largest absolute Gasteiger partial charge is 0.377 e. The van der Waals surface area contributed by atoms with Crippen LogP contribution >= 0.6 is 0 Å². The Morgan fingerprint density at radius 1 is 1.25 bits per heavy atom. The predicted molar refractivity (Wildman–Crippen MR) is 78.7 cm³/mol. The van der Waals surface area contributed by atoms with Gasteiger partial charge in [0, 0.05) is 39.7 Å². The molecule has 0 radical (unpaired) electrons. The highest BCUT2D eigenvalue weighted by Crippen LogP contribution is 2.12. The van der Waals surface area contributed by atoms with Gasteiger partial charge in [-0.15, -0.1) is 0 Å². The standard InChI is InChI=1S/C13H23N5O2/c1-4-6-15-10-8-11(16-7-5-13(19)14-2)18-12(17-10)9-20-3/h8H,4-7,9H2,1-3H3,(H,14,19)(H2,15,16,17,18). The van der Waals surface area contributed by atoms with Crippen LogP contribution in [0.3, 0.4) is 0 Å². The summed E-state index contributed by atoms with van der Waals surface area (Å²) in [5.41, 5.74) is 0. The van der Waals surface area contributed by atoms with Gasteiger partial charge in [-0.25, -0.2) is 9.97 Å². The topological polar surface area (TPSA) is 88.2 Å². The number of nitrogens with zero attached hydrogens (tertiary/aromatic N) is 2. The van der Waals surface area contributed by atoms with E-state index in [1.54, 1.807) is 14.2 Å². The molecule has 1 rings (SSSR count). The summed E-state index contributed by atoms with van der Waals surface area (Å²) in [6.45, 7) is 3.82. The number of ether oxygens (including phenoxy) is 1. The summed E-state index contributed by atoms with van der Waals surface area (Å²) in [5, 5.41) is 8.91. The fourth-order valence-electron chi connectivity index (χ4n) is 1.55. The van der Waals surface area contributed by atoms with E-state index in [-0.39, 0.29) is 5.91 Å². The van der Waals surface area contributed by atoms with Crippen LogP contribution < -0.4 is 16.0 Å². The number of anilines is 2. The van der Waals surface area contributed by atoms with Gasteiger partial charge in [0.15, 0.2) is 5.82 Å². The Morgan fingerprint density at radius 3 is 2.45 bits per heavy atom. The van der Waals surface area contributed by atoms with Crippen molar-refractivity contribution in [2.75, 3.05) is 37.9 Å². The molecule has 1 heterocycles. The average molecular weight is 281 g/mol. The van der Waals surface area contributed by atoms with E-state index in [0.29, 0.717) is 31.2 Å². The van der Waals surface area contributed by atoms with Crippen LogP contribution in [0, 0.1) is 0 Å². The number of aromatic nitrogens is 2. The van der Waals surface area contributed by atoms with Gasteiger partial charge in [0.1, 0.15) is 18.2 Å². The Morgan fingerprint density at radius 2 is 1.90 bits per heavy atom. The van der Waals surface area contributed by atoms with E-state index in [4.69, 9.17) is 4.74 Å². The third kappa shape index (κ3) is 5.83. The predicted octanol–water partition coefficient (Wildman–Crippen LogP) is 0.993. The second-order valence-electron chi connectivity index (χ2n) is 4.26. The molecule has 0 aliphatic carbocycles. The van der Waals surface area contributed by atoms with Crippen LogP contribution in [0.25, 0.3) is 0 Å². The maximum atomic E-state index is 11.2. The van der Waals surface area contributed by atoms with Crippen molar-refractivity contribution < 1.29 is 9.53 Å². The molecule has 7 heteroatoms. The molecule has 0 aromatic carbocycles. The minimum atomic E-state index is -0.00648. The van der Waals surface area contributed by atoms with Crippen molar-refractivity contribution >= 4 is 17.5 Å². The second kappa shape index (κ2) is 9.08. The zero-order valence-electron chi connectivity index (χ0n) is 12.3. The summed E-state index contributed by atoms with van der Waals surface area (Å²) in [5.74, 6) is 2.05. The van der Waals surface area contributed by atoms with Gasteiger partial charge in [-0.1, -0.05) is 6.92 Å². The Bertz CT molecular complexity index is 425. The highest BCUT2D eigenvalue weighted by Gasteiger charge is 2.05. The first-order valence-corrected chi connectivity index (χ1v) is 6.74. The van der Waals surface area contributed by atoms with Crippen molar-refractivity contribution in [3.8, 4) is 0 Å². The molecule has 0 saturated heterocycles. The first kappa shape index (κ1) is 16.2. The number of hydrogen-bond acceptors (Lipinski definition) is 6. The van der Waals surface area contributed by atoms with E-state index in [9.17, 15) is 4.79 Å². The van der Waals surface area contributed by atoms with Gasteiger partial charge in [0.2, 0.25) is 5.91 Å². The first-order chi connectivity index (χ1) is 9.69. The minimum absolute atomic E-state index is 0.00648. The molecule has 0 unspecified atom stereocenters. The number of carbonyl (C=O) groups excluding carboxylic acids is 1. The number of rotatable bonds is 9. The van der Waals surface area contributed by atoms with Gasteiger partial charge in [0.25, 0.3) is 0 Å². The van der Waals surface area contributed by atoms with E-state index in [1.165, 1.54) is 0 Å². The molecule has 0 aliphatic heterocycles. The summed E-state index contributed by atoms with van der Waals surface area (Å²) in [7, 11) is 3.23. The monoisotopic (exact) mass is 281 g/mol. The molecule has 0 bridgehead atoms. The minimum Gasteiger partial charge on any atom is -0.377 e. The lowest BCUT2D eigenvalue weighted by Crippen LogP contribution is -2.21. The third-order valence-corrected chi connectivity index (χ3v) is 2.54. The number of nitrogens with one attached hydrogen (secondary N) is 3. The average Bonchev–Trinajstić information content (AvgIpc) is 2.45. The van der Waals surface area contributed by atoms with Crippen molar-refractivity contribution in [1.29, 1.82) is 0 Å². The fraction of sp³-hybridized carbons (Fsp3) is 0.615. The molecule has 7 nitrogen and oxygen atoms in total. The molecule has 20 heavy (non-hydrogen) atoms. The molecule has 0 aliphatic rings. The van der Waals surface area contributed by atoms with Crippen molar-refractivity contribution in [3.05, 3.63) is 11.9 Å². The number of methoxy groups -OCH3 is 1. The molecule has 1 aromatic rings. The van der Waals surface area contributed by atoms with Crippen molar-refractivity contribution in [1.82, 2.24) is 15.3 Å². The molecule has 0 saturated carbocycles. The van der Waals surface area contributed by atoms with Gasteiger partial charge < -0.3 is 20.7 Å². The fourth-order valence-corrected chi connectivity index (χ4v) is 1.55. The first-order valence-electron chi connectivity index (χ1n) is 6.74. The molecule has 3 N–H and O–H groups in total. The molecule has 1 amide bonds. The Kier molecular flexibility index (Phi) is 7.34. The van der Waals surface area contributed by atoms with Crippen LogP contribution in [0.5, 0.6) is 0 Å². The molecule has 1 aromatic heterocycles. The Balaban J connectivity index is 2.66. The highest BCUT2D eigenvalue weighted by atomic mass is 16.5. The zero-order chi connectivity index (χ0) is 14.8. The van der Waals surface area contributed by atoms with Gasteiger partial charge in [-0.3, -0.25) is 4.79 Å². The van der Waals surface area contributed by atoms with Gasteiger partial charge in [-0.05, 0) is 6.42 Å². The third-order valence-electron chi connectivity index (χ3n) is 2.54. The van der Waals surface area contributed by atoms with Crippen LogP contribution in [-0.4, -0.2) is 43.1 Å². The smallest absolute Gasteiger partial charge is 0.221 e. The second-order valence-corrected chi connectivity index (χ2v) is 4.26. The summed E-state index contributed by atoms with van der Waals surface area (Å²) >= 11 is 0. The lowest BCUT2D eigenvalue weighted by atomic mass is 10.4. The normalized spacial score (nSPS) is 10.2. The molecule has 0 atom stereocenters. The lowest BCUT2D eigenvalue weighted by Gasteiger charge is -2.10. The van der Waals surface area contributed by atoms with Crippen molar-refractivity contribution in [2.24, 2.45) is 0 Å². The van der Waals surface area contributed by atoms with Crippen LogP contribution in [0.1, 0.15) is 25.6 Å². The number of carbonyl (C=O) groups is 1. The van der Waals surface area contributed by atoms with E-state index in [0.717, 1.165) is 18.8 Å². The molecule has 112 valence electrons.